The first-order valence-electron chi connectivity index (χ1n) is 8.34. The Morgan fingerprint density at radius 3 is 2.65 bits per heavy atom. The van der Waals surface area contributed by atoms with Crippen molar-refractivity contribution in [2.24, 2.45) is 0 Å². The van der Waals surface area contributed by atoms with Crippen LogP contribution in [0.4, 0.5) is 5.82 Å². The summed E-state index contributed by atoms with van der Waals surface area (Å²) < 4.78 is 7.58. The van der Waals surface area contributed by atoms with Crippen molar-refractivity contribution in [2.75, 3.05) is 5.32 Å². The van der Waals surface area contributed by atoms with Gasteiger partial charge >= 0.3 is 0 Å². The molecule has 1 saturated carbocycles. The Balaban J connectivity index is 1.80. The van der Waals surface area contributed by atoms with Gasteiger partial charge in [0.05, 0.1) is 17.5 Å². The molecule has 6 heteroatoms. The monoisotopic (exact) mass is 315 g/mol. The van der Waals surface area contributed by atoms with Gasteiger partial charge in [-0.15, -0.1) is 0 Å². The zero-order valence-electron chi connectivity index (χ0n) is 13.2. The molecule has 0 bridgehead atoms. The molecule has 1 fully saturated rings. The summed E-state index contributed by atoms with van der Waals surface area (Å²) in [5, 5.41) is 5.86. The molecular weight excluding hydrogens is 294 g/mol. The summed E-state index contributed by atoms with van der Waals surface area (Å²) in [7, 11) is 0. The molecule has 1 unspecified atom stereocenters. The lowest BCUT2D eigenvalue weighted by Gasteiger charge is -2.27. The molecule has 1 aliphatic heterocycles. The SMILES string of the molecule is Cc1ccc(C2CC(=O)Nc3c2c(=O)[nH]n3C2CCCCC2)o1. The number of nitrogens with one attached hydrogen (secondary N) is 2. The fourth-order valence-corrected chi connectivity index (χ4v) is 3.88. The minimum Gasteiger partial charge on any atom is -0.466 e. The molecule has 2 aliphatic rings. The van der Waals surface area contributed by atoms with E-state index in [9.17, 15) is 9.59 Å². The van der Waals surface area contributed by atoms with Crippen molar-refractivity contribution in [3.05, 3.63) is 39.6 Å². The molecule has 6 nitrogen and oxygen atoms in total. The van der Waals surface area contributed by atoms with Gasteiger partial charge in [0.2, 0.25) is 5.91 Å². The second-order valence-corrected chi connectivity index (χ2v) is 6.62. The largest absolute Gasteiger partial charge is 0.466 e. The number of aromatic nitrogens is 2. The van der Waals surface area contributed by atoms with Crippen molar-refractivity contribution in [1.82, 2.24) is 9.78 Å². The summed E-state index contributed by atoms with van der Waals surface area (Å²) in [5.74, 6) is 1.74. The van der Waals surface area contributed by atoms with E-state index in [1.165, 1.54) is 6.42 Å². The van der Waals surface area contributed by atoms with Gasteiger partial charge in [0.1, 0.15) is 17.3 Å². The third kappa shape index (κ3) is 2.42. The zero-order chi connectivity index (χ0) is 16.0. The number of fused-ring (bicyclic) bond motifs is 1. The van der Waals surface area contributed by atoms with E-state index in [2.05, 4.69) is 10.4 Å². The lowest BCUT2D eigenvalue weighted by atomic mass is 9.91. The first-order chi connectivity index (χ1) is 11.1. The normalized spacial score (nSPS) is 22.0. The maximum atomic E-state index is 12.6. The molecule has 2 N–H and O–H groups in total. The number of H-pyrrole nitrogens is 1. The van der Waals surface area contributed by atoms with Gasteiger partial charge in [-0.2, -0.15) is 0 Å². The number of anilines is 1. The van der Waals surface area contributed by atoms with Crippen molar-refractivity contribution in [3.8, 4) is 0 Å². The van der Waals surface area contributed by atoms with Crippen LogP contribution in [0.3, 0.4) is 0 Å². The molecule has 122 valence electrons. The molecule has 1 amide bonds. The summed E-state index contributed by atoms with van der Waals surface area (Å²) in [5.41, 5.74) is 0.508. The predicted molar refractivity (Wildman–Crippen MR) is 85.7 cm³/mol. The van der Waals surface area contributed by atoms with Crippen LogP contribution < -0.4 is 10.9 Å². The van der Waals surface area contributed by atoms with Gasteiger partial charge in [-0.3, -0.25) is 19.4 Å². The van der Waals surface area contributed by atoms with Crippen LogP contribution in [0.5, 0.6) is 0 Å². The molecule has 0 radical (unpaired) electrons. The highest BCUT2D eigenvalue weighted by atomic mass is 16.3. The average Bonchev–Trinajstić information content (AvgIpc) is 3.12. The van der Waals surface area contributed by atoms with Crippen LogP contribution in [-0.2, 0) is 4.79 Å². The smallest absolute Gasteiger partial charge is 0.270 e. The number of carbonyl (C=O) groups excluding carboxylic acids is 1. The highest BCUT2D eigenvalue weighted by molar-refractivity contribution is 5.94. The number of aromatic amines is 1. The van der Waals surface area contributed by atoms with E-state index in [0.29, 0.717) is 17.1 Å². The molecule has 4 rings (SSSR count). The Labute approximate surface area is 133 Å². The van der Waals surface area contributed by atoms with Crippen LogP contribution in [0.15, 0.2) is 21.3 Å². The van der Waals surface area contributed by atoms with Gasteiger partial charge in [-0.25, -0.2) is 0 Å². The molecule has 0 saturated heterocycles. The van der Waals surface area contributed by atoms with Gasteiger partial charge in [-0.1, -0.05) is 19.3 Å². The number of hydrogen-bond donors (Lipinski definition) is 2. The van der Waals surface area contributed by atoms with Crippen LogP contribution in [-0.4, -0.2) is 15.7 Å². The molecule has 2 aromatic rings. The lowest BCUT2D eigenvalue weighted by molar-refractivity contribution is -0.116. The molecule has 3 heterocycles. The van der Waals surface area contributed by atoms with E-state index in [0.717, 1.165) is 31.4 Å². The van der Waals surface area contributed by atoms with Gasteiger partial charge in [0.25, 0.3) is 5.56 Å². The topological polar surface area (TPSA) is 80.0 Å². The van der Waals surface area contributed by atoms with Crippen molar-refractivity contribution in [2.45, 2.75) is 57.4 Å². The van der Waals surface area contributed by atoms with Crippen LogP contribution >= 0.6 is 0 Å². The molecule has 1 aliphatic carbocycles. The molecule has 0 spiro atoms. The fourth-order valence-electron chi connectivity index (χ4n) is 3.88. The molecule has 0 aromatic carbocycles. The molecule has 2 aromatic heterocycles. The summed E-state index contributed by atoms with van der Waals surface area (Å²) in [6.45, 7) is 1.87. The Bertz CT molecular complexity index is 792. The molecule has 23 heavy (non-hydrogen) atoms. The van der Waals surface area contributed by atoms with Crippen molar-refractivity contribution in [1.29, 1.82) is 0 Å². The number of furan rings is 1. The minimum absolute atomic E-state index is 0.0693. The number of hydrogen-bond acceptors (Lipinski definition) is 3. The molecular formula is C17H21N3O3. The summed E-state index contributed by atoms with van der Waals surface area (Å²) in [6, 6.07) is 3.99. The number of amides is 1. The Kier molecular flexibility index (Phi) is 3.39. The van der Waals surface area contributed by atoms with Gasteiger partial charge in [0.15, 0.2) is 0 Å². The van der Waals surface area contributed by atoms with E-state index < -0.39 is 0 Å². The maximum absolute atomic E-state index is 12.6. The minimum atomic E-state index is -0.305. The maximum Gasteiger partial charge on any atom is 0.270 e. The Morgan fingerprint density at radius 1 is 1.17 bits per heavy atom. The summed E-state index contributed by atoms with van der Waals surface area (Å²) in [4.78, 5) is 24.7. The predicted octanol–water partition coefficient (Wildman–Crippen LogP) is 3.06. The highest BCUT2D eigenvalue weighted by Crippen LogP contribution is 2.38. The third-order valence-corrected chi connectivity index (χ3v) is 5.00. The lowest BCUT2D eigenvalue weighted by Crippen LogP contribution is -2.27. The zero-order valence-corrected chi connectivity index (χ0v) is 13.2. The van der Waals surface area contributed by atoms with Crippen molar-refractivity contribution in [3.63, 3.8) is 0 Å². The standard InChI is InChI=1S/C17H21N3O3/c1-10-7-8-13(23-10)12-9-14(21)18-16-15(12)17(22)19-20(16)11-5-3-2-4-6-11/h7-8,11-12H,2-6,9H2,1H3,(H,18,21)(H,19,22). The Morgan fingerprint density at radius 2 is 1.96 bits per heavy atom. The van der Waals surface area contributed by atoms with E-state index >= 15 is 0 Å². The fraction of sp³-hybridized carbons (Fsp3) is 0.529. The van der Waals surface area contributed by atoms with E-state index in [1.807, 2.05) is 23.7 Å². The van der Waals surface area contributed by atoms with E-state index in [4.69, 9.17) is 4.42 Å². The summed E-state index contributed by atoms with van der Waals surface area (Å²) in [6.07, 6.45) is 5.89. The second-order valence-electron chi connectivity index (χ2n) is 6.62. The Hall–Kier alpha value is -2.24. The van der Waals surface area contributed by atoms with Gasteiger partial charge < -0.3 is 9.73 Å². The summed E-state index contributed by atoms with van der Waals surface area (Å²) >= 11 is 0. The van der Waals surface area contributed by atoms with E-state index in [-0.39, 0.29) is 29.8 Å². The number of nitrogens with zero attached hydrogens (tertiary/aromatic N) is 1. The first kappa shape index (κ1) is 14.4. The third-order valence-electron chi connectivity index (χ3n) is 5.00. The number of carbonyl (C=O) groups is 1. The van der Waals surface area contributed by atoms with E-state index in [1.54, 1.807) is 0 Å². The van der Waals surface area contributed by atoms with Crippen LogP contribution in [0.1, 0.15) is 67.6 Å². The van der Waals surface area contributed by atoms with Crippen molar-refractivity contribution < 1.29 is 9.21 Å². The quantitative estimate of drug-likeness (QED) is 0.894. The van der Waals surface area contributed by atoms with Crippen LogP contribution in [0, 0.1) is 6.92 Å². The number of rotatable bonds is 2. The second kappa shape index (κ2) is 5.44. The van der Waals surface area contributed by atoms with Gasteiger partial charge in [-0.05, 0) is 31.9 Å². The van der Waals surface area contributed by atoms with Gasteiger partial charge in [0, 0.05) is 6.42 Å². The van der Waals surface area contributed by atoms with Crippen LogP contribution in [0.2, 0.25) is 0 Å². The highest BCUT2D eigenvalue weighted by Gasteiger charge is 2.35. The average molecular weight is 315 g/mol. The molecule has 1 atom stereocenters. The van der Waals surface area contributed by atoms with Crippen LogP contribution in [0.25, 0.3) is 0 Å². The van der Waals surface area contributed by atoms with Crippen molar-refractivity contribution >= 4 is 11.7 Å². The first-order valence-corrected chi connectivity index (χ1v) is 8.34. The number of aryl methyl sites for hydroxylation is 1.